The molecule has 31 heavy (non-hydrogen) atoms. The number of anilines is 1. The number of nitrogen functional groups attached to an aromatic ring is 1. The van der Waals surface area contributed by atoms with Gasteiger partial charge in [0.15, 0.2) is 0 Å². The molecule has 0 saturated carbocycles. The number of H-pyrrole nitrogens is 1. The number of non-ortho nitro benzene ring substituents is 1. The maximum Gasteiger partial charge on any atom is 0.318 e. The summed E-state index contributed by atoms with van der Waals surface area (Å²) in [5.74, 6) is -0.632. The molecule has 0 amide bonds. The second-order valence-electron chi connectivity index (χ2n) is 5.98. The van der Waals surface area contributed by atoms with E-state index in [9.17, 15) is 35.5 Å². The first-order chi connectivity index (χ1) is 14.8. The summed E-state index contributed by atoms with van der Waals surface area (Å²) in [7, 11) is 0. The SMILES string of the molecule is N#Cc1c(N)[nH]c(=O)c(C#N)c1-c1ccccc1Oc1ccc([N+](=O)[O-])cc1[N+](=O)[O-]. The molecule has 0 bridgehead atoms. The minimum absolute atomic E-state index is 0.0440. The molecule has 0 radical (unpaired) electrons. The van der Waals surface area contributed by atoms with Crippen molar-refractivity contribution in [1.82, 2.24) is 4.98 Å². The minimum Gasteiger partial charge on any atom is -0.449 e. The van der Waals surface area contributed by atoms with Crippen LogP contribution >= 0.6 is 0 Å². The highest BCUT2D eigenvalue weighted by Crippen LogP contribution is 2.40. The Balaban J connectivity index is 2.25. The van der Waals surface area contributed by atoms with Crippen LogP contribution in [-0.4, -0.2) is 14.8 Å². The molecule has 3 rings (SSSR count). The number of pyridine rings is 1. The van der Waals surface area contributed by atoms with E-state index >= 15 is 0 Å². The standard InChI is InChI=1S/C19H10N6O6/c20-8-12-17(13(9-21)19(26)23-18(12)22)11-3-1-2-4-15(11)31-16-6-5-10(24(27)28)7-14(16)25(29)30/h1-7H,(H3,22,23,26). The van der Waals surface area contributed by atoms with E-state index in [1.54, 1.807) is 6.07 Å². The summed E-state index contributed by atoms with van der Waals surface area (Å²) in [5.41, 5.74) is 3.12. The number of nitro benzene ring substituents is 2. The second kappa shape index (κ2) is 8.02. The van der Waals surface area contributed by atoms with Crippen molar-refractivity contribution in [1.29, 1.82) is 10.5 Å². The highest BCUT2D eigenvalue weighted by molar-refractivity contribution is 5.83. The number of nitro groups is 2. The number of aromatic nitrogens is 1. The summed E-state index contributed by atoms with van der Waals surface area (Å²) in [6, 6.07) is 12.2. The fourth-order valence-corrected chi connectivity index (χ4v) is 2.84. The van der Waals surface area contributed by atoms with Crippen molar-refractivity contribution in [2.45, 2.75) is 0 Å². The highest BCUT2D eigenvalue weighted by atomic mass is 16.6. The summed E-state index contributed by atoms with van der Waals surface area (Å²) in [4.78, 5) is 35.1. The van der Waals surface area contributed by atoms with E-state index in [0.29, 0.717) is 0 Å². The van der Waals surface area contributed by atoms with Crippen LogP contribution in [0.1, 0.15) is 11.1 Å². The zero-order valence-electron chi connectivity index (χ0n) is 15.4. The van der Waals surface area contributed by atoms with E-state index < -0.39 is 32.3 Å². The van der Waals surface area contributed by atoms with E-state index in [4.69, 9.17) is 10.5 Å². The topological polar surface area (TPSA) is 202 Å². The molecule has 1 heterocycles. The summed E-state index contributed by atoms with van der Waals surface area (Å²) < 4.78 is 5.63. The third-order valence-electron chi connectivity index (χ3n) is 4.19. The summed E-state index contributed by atoms with van der Waals surface area (Å²) in [5, 5.41) is 41.2. The molecule has 0 aliphatic rings. The van der Waals surface area contributed by atoms with Crippen molar-refractivity contribution in [3.8, 4) is 34.8 Å². The minimum atomic E-state index is -0.850. The number of nitriles is 2. The molecule has 0 unspecified atom stereocenters. The fraction of sp³-hybridized carbons (Fsp3) is 0. The maximum absolute atomic E-state index is 12.2. The van der Waals surface area contributed by atoms with Crippen LogP contribution < -0.4 is 16.0 Å². The van der Waals surface area contributed by atoms with Gasteiger partial charge in [-0.3, -0.25) is 25.0 Å². The number of nitrogens with two attached hydrogens (primary N) is 1. The van der Waals surface area contributed by atoms with E-state index in [-0.39, 0.29) is 34.0 Å². The Labute approximate surface area is 172 Å². The van der Waals surface area contributed by atoms with Crippen LogP contribution in [-0.2, 0) is 0 Å². The molecule has 3 aromatic rings. The number of nitrogens with zero attached hydrogens (tertiary/aromatic N) is 4. The molecule has 0 spiro atoms. The average molecular weight is 418 g/mol. The van der Waals surface area contributed by atoms with Gasteiger partial charge in [0, 0.05) is 17.2 Å². The maximum atomic E-state index is 12.2. The fourth-order valence-electron chi connectivity index (χ4n) is 2.84. The predicted octanol–water partition coefficient (Wildman–Crippen LogP) is 2.98. The lowest BCUT2D eigenvalue weighted by atomic mass is 9.96. The lowest BCUT2D eigenvalue weighted by Crippen LogP contribution is -2.16. The number of hydrogen-bond donors (Lipinski definition) is 2. The number of ether oxygens (including phenoxy) is 1. The molecule has 0 fully saturated rings. The number of hydrogen-bond acceptors (Lipinski definition) is 9. The lowest BCUT2D eigenvalue weighted by Gasteiger charge is -2.14. The van der Waals surface area contributed by atoms with E-state index in [0.717, 1.165) is 18.2 Å². The number of rotatable bonds is 5. The summed E-state index contributed by atoms with van der Waals surface area (Å²) in [6.07, 6.45) is 0. The van der Waals surface area contributed by atoms with Gasteiger partial charge in [0.05, 0.1) is 15.9 Å². The number of nitrogens with one attached hydrogen (secondary N) is 1. The molecule has 1 aromatic heterocycles. The largest absolute Gasteiger partial charge is 0.449 e. The molecule has 12 nitrogen and oxygen atoms in total. The first-order valence-electron chi connectivity index (χ1n) is 8.34. The van der Waals surface area contributed by atoms with Gasteiger partial charge in [0.2, 0.25) is 5.75 Å². The summed E-state index contributed by atoms with van der Waals surface area (Å²) in [6.45, 7) is 0. The predicted molar refractivity (Wildman–Crippen MR) is 106 cm³/mol. The Morgan fingerprint density at radius 1 is 0.968 bits per heavy atom. The molecule has 3 N–H and O–H groups in total. The van der Waals surface area contributed by atoms with Crippen LogP contribution in [0.5, 0.6) is 11.5 Å². The van der Waals surface area contributed by atoms with Crippen LogP contribution in [0.15, 0.2) is 47.3 Å². The Hall–Kier alpha value is -5.23. The van der Waals surface area contributed by atoms with Gasteiger partial charge in [-0.05, 0) is 12.1 Å². The zero-order chi connectivity index (χ0) is 22.7. The van der Waals surface area contributed by atoms with Gasteiger partial charge in [-0.2, -0.15) is 10.5 Å². The molecule has 2 aromatic carbocycles. The van der Waals surface area contributed by atoms with E-state index in [1.165, 1.54) is 24.3 Å². The van der Waals surface area contributed by atoms with Gasteiger partial charge < -0.3 is 15.5 Å². The molecule has 0 atom stereocenters. The van der Waals surface area contributed by atoms with Crippen molar-refractivity contribution >= 4 is 17.2 Å². The van der Waals surface area contributed by atoms with Gasteiger partial charge in [-0.25, -0.2) is 0 Å². The Morgan fingerprint density at radius 3 is 2.26 bits per heavy atom. The van der Waals surface area contributed by atoms with Gasteiger partial charge in [-0.15, -0.1) is 0 Å². The lowest BCUT2D eigenvalue weighted by molar-refractivity contribution is -0.394. The molecule has 0 aliphatic heterocycles. The second-order valence-corrected chi connectivity index (χ2v) is 5.98. The van der Waals surface area contributed by atoms with Crippen LogP contribution in [0.2, 0.25) is 0 Å². The average Bonchev–Trinajstić information content (AvgIpc) is 2.73. The van der Waals surface area contributed by atoms with E-state index in [1.807, 2.05) is 6.07 Å². The van der Waals surface area contributed by atoms with Crippen molar-refractivity contribution in [3.05, 3.63) is 84.2 Å². The van der Waals surface area contributed by atoms with E-state index in [2.05, 4.69) is 4.98 Å². The van der Waals surface area contributed by atoms with Crippen molar-refractivity contribution in [3.63, 3.8) is 0 Å². The monoisotopic (exact) mass is 418 g/mol. The van der Waals surface area contributed by atoms with Crippen LogP contribution in [0, 0.1) is 42.9 Å². The van der Waals surface area contributed by atoms with Crippen molar-refractivity contribution < 1.29 is 14.6 Å². The number of aromatic amines is 1. The highest BCUT2D eigenvalue weighted by Gasteiger charge is 2.24. The van der Waals surface area contributed by atoms with Gasteiger partial charge >= 0.3 is 5.69 Å². The summed E-state index contributed by atoms with van der Waals surface area (Å²) >= 11 is 0. The van der Waals surface area contributed by atoms with Crippen LogP contribution in [0.3, 0.4) is 0 Å². The molecule has 0 aliphatic carbocycles. The molecule has 0 saturated heterocycles. The van der Waals surface area contributed by atoms with Crippen molar-refractivity contribution in [2.24, 2.45) is 0 Å². The Morgan fingerprint density at radius 2 is 1.65 bits per heavy atom. The smallest absolute Gasteiger partial charge is 0.318 e. The van der Waals surface area contributed by atoms with Crippen molar-refractivity contribution in [2.75, 3.05) is 5.73 Å². The Bertz CT molecular complexity index is 1380. The Kier molecular flexibility index (Phi) is 5.31. The first-order valence-corrected chi connectivity index (χ1v) is 8.34. The first kappa shape index (κ1) is 20.5. The van der Waals surface area contributed by atoms with Gasteiger partial charge in [0.25, 0.3) is 11.2 Å². The third-order valence-corrected chi connectivity index (χ3v) is 4.19. The normalized spacial score (nSPS) is 10.0. The quantitative estimate of drug-likeness (QED) is 0.461. The van der Waals surface area contributed by atoms with Crippen LogP contribution in [0.4, 0.5) is 17.2 Å². The third kappa shape index (κ3) is 3.72. The van der Waals surface area contributed by atoms with Gasteiger partial charge in [0.1, 0.15) is 34.8 Å². The molecule has 12 heteroatoms. The number of para-hydroxylation sites is 1. The zero-order valence-corrected chi connectivity index (χ0v) is 15.4. The molecular formula is C19H10N6O6. The molecular weight excluding hydrogens is 408 g/mol. The molecule has 152 valence electrons. The van der Waals surface area contributed by atoms with Crippen LogP contribution in [0.25, 0.3) is 11.1 Å². The number of benzene rings is 2. The van der Waals surface area contributed by atoms with Gasteiger partial charge in [-0.1, -0.05) is 18.2 Å².